The summed E-state index contributed by atoms with van der Waals surface area (Å²) >= 11 is 0. The molecule has 0 saturated heterocycles. The molecule has 2 heterocycles. The van der Waals surface area contributed by atoms with Gasteiger partial charge in [0.05, 0.1) is 23.5 Å². The molecule has 0 fully saturated rings. The molecule has 3 aromatic rings. The Morgan fingerprint density at radius 1 is 1.17 bits per heavy atom. The van der Waals surface area contributed by atoms with Crippen molar-refractivity contribution in [2.24, 2.45) is 7.05 Å². The van der Waals surface area contributed by atoms with Gasteiger partial charge in [-0.25, -0.2) is 0 Å². The molecule has 0 N–H and O–H groups in total. The summed E-state index contributed by atoms with van der Waals surface area (Å²) in [7, 11) is 1.81. The third-order valence-corrected chi connectivity index (χ3v) is 3.99. The summed E-state index contributed by atoms with van der Waals surface area (Å²) in [4.78, 5) is 19.3. The zero-order chi connectivity index (χ0) is 16.9. The van der Waals surface area contributed by atoms with E-state index in [0.717, 1.165) is 11.3 Å². The molecule has 0 bridgehead atoms. The summed E-state index contributed by atoms with van der Waals surface area (Å²) < 4.78 is 1.64. The molecule has 5 heteroatoms. The molecular weight excluding hydrogens is 300 g/mol. The number of aryl methyl sites for hydroxylation is 1. The second-order valence-corrected chi connectivity index (χ2v) is 5.75. The zero-order valence-corrected chi connectivity index (χ0v) is 13.8. The quantitative estimate of drug-likeness (QED) is 0.725. The molecule has 0 saturated carbocycles. The molecule has 24 heavy (non-hydrogen) atoms. The van der Waals surface area contributed by atoms with Crippen LogP contribution in [-0.2, 0) is 13.6 Å². The van der Waals surface area contributed by atoms with E-state index in [1.165, 1.54) is 0 Å². The number of carbonyl (C=O) groups excluding carboxylic acids is 1. The number of nitrogens with zero attached hydrogens (tertiary/aromatic N) is 4. The lowest BCUT2D eigenvalue weighted by Crippen LogP contribution is -2.33. The lowest BCUT2D eigenvalue weighted by atomic mass is 10.1. The maximum Gasteiger partial charge on any atom is 0.257 e. The van der Waals surface area contributed by atoms with Crippen LogP contribution in [0.2, 0.25) is 0 Å². The predicted molar refractivity (Wildman–Crippen MR) is 92.2 cm³/mol. The maximum absolute atomic E-state index is 13.0. The van der Waals surface area contributed by atoms with Gasteiger partial charge in [0.2, 0.25) is 0 Å². The average Bonchev–Trinajstić information content (AvgIpc) is 3.06. The molecule has 1 atom stereocenters. The van der Waals surface area contributed by atoms with E-state index in [1.807, 2.05) is 60.4 Å². The van der Waals surface area contributed by atoms with Gasteiger partial charge in [0.25, 0.3) is 5.91 Å². The minimum atomic E-state index is -0.140. The highest BCUT2D eigenvalue weighted by Gasteiger charge is 2.24. The monoisotopic (exact) mass is 320 g/mol. The van der Waals surface area contributed by atoms with E-state index in [2.05, 4.69) is 10.1 Å². The van der Waals surface area contributed by atoms with Crippen LogP contribution in [0.25, 0.3) is 0 Å². The molecule has 1 amide bonds. The van der Waals surface area contributed by atoms with Crippen molar-refractivity contribution in [1.82, 2.24) is 19.7 Å². The van der Waals surface area contributed by atoms with Gasteiger partial charge in [-0.05, 0) is 24.6 Å². The molecule has 3 rings (SSSR count). The standard InChI is InChI=1S/C19H20N4O/c1-15(18-10-6-7-11-20-18)23(13-16-8-4-3-5-9-16)19(24)17-12-21-22(2)14-17/h3-12,14-15H,13H2,1-2H3. The van der Waals surface area contributed by atoms with Crippen molar-refractivity contribution in [2.75, 3.05) is 0 Å². The molecule has 5 nitrogen and oxygen atoms in total. The van der Waals surface area contributed by atoms with Crippen LogP contribution >= 0.6 is 0 Å². The zero-order valence-electron chi connectivity index (χ0n) is 13.8. The van der Waals surface area contributed by atoms with E-state index >= 15 is 0 Å². The van der Waals surface area contributed by atoms with Gasteiger partial charge in [-0.2, -0.15) is 5.10 Å². The summed E-state index contributed by atoms with van der Waals surface area (Å²) in [6.07, 6.45) is 5.10. The van der Waals surface area contributed by atoms with Gasteiger partial charge < -0.3 is 4.90 Å². The van der Waals surface area contributed by atoms with E-state index in [-0.39, 0.29) is 11.9 Å². The van der Waals surface area contributed by atoms with Gasteiger partial charge in [-0.1, -0.05) is 36.4 Å². The number of pyridine rings is 1. The molecule has 0 aliphatic carbocycles. The highest BCUT2D eigenvalue weighted by atomic mass is 16.2. The highest BCUT2D eigenvalue weighted by Crippen LogP contribution is 2.23. The SMILES string of the molecule is CC(c1ccccn1)N(Cc1ccccc1)C(=O)c1cnn(C)c1. The molecule has 0 spiro atoms. The Bertz CT molecular complexity index is 799. The number of aromatic nitrogens is 3. The lowest BCUT2D eigenvalue weighted by molar-refractivity contribution is 0.0670. The second-order valence-electron chi connectivity index (χ2n) is 5.75. The van der Waals surface area contributed by atoms with Crippen molar-refractivity contribution < 1.29 is 4.79 Å². The second kappa shape index (κ2) is 7.08. The Hall–Kier alpha value is -2.95. The Balaban J connectivity index is 1.92. The molecule has 0 aliphatic heterocycles. The van der Waals surface area contributed by atoms with Crippen molar-refractivity contribution in [3.05, 3.63) is 83.9 Å². The highest BCUT2D eigenvalue weighted by molar-refractivity contribution is 5.94. The minimum absolute atomic E-state index is 0.0508. The Labute approximate surface area is 141 Å². The van der Waals surface area contributed by atoms with Crippen LogP contribution in [0.5, 0.6) is 0 Å². The van der Waals surface area contributed by atoms with Crippen molar-refractivity contribution in [2.45, 2.75) is 19.5 Å². The fourth-order valence-corrected chi connectivity index (χ4v) is 2.64. The first kappa shape index (κ1) is 15.9. The summed E-state index contributed by atoms with van der Waals surface area (Å²) in [6, 6.07) is 15.6. The van der Waals surface area contributed by atoms with Crippen molar-refractivity contribution in [3.8, 4) is 0 Å². The van der Waals surface area contributed by atoms with Crippen molar-refractivity contribution in [1.29, 1.82) is 0 Å². The van der Waals surface area contributed by atoms with Crippen LogP contribution in [0.4, 0.5) is 0 Å². The fraction of sp³-hybridized carbons (Fsp3) is 0.211. The van der Waals surface area contributed by atoms with E-state index in [4.69, 9.17) is 0 Å². The van der Waals surface area contributed by atoms with Crippen LogP contribution in [0.1, 0.15) is 34.6 Å². The lowest BCUT2D eigenvalue weighted by Gasteiger charge is -2.28. The van der Waals surface area contributed by atoms with Crippen LogP contribution in [0.3, 0.4) is 0 Å². The molecule has 0 radical (unpaired) electrons. The third kappa shape index (κ3) is 3.51. The smallest absolute Gasteiger partial charge is 0.257 e. The Morgan fingerprint density at radius 3 is 2.54 bits per heavy atom. The van der Waals surface area contributed by atoms with E-state index in [1.54, 1.807) is 30.3 Å². The minimum Gasteiger partial charge on any atom is -0.326 e. The topological polar surface area (TPSA) is 51.0 Å². The normalized spacial score (nSPS) is 11.9. The first-order valence-electron chi connectivity index (χ1n) is 7.89. The van der Waals surface area contributed by atoms with Gasteiger partial charge in [-0.3, -0.25) is 14.5 Å². The molecule has 1 aromatic carbocycles. The van der Waals surface area contributed by atoms with Gasteiger partial charge in [0.15, 0.2) is 0 Å². The third-order valence-electron chi connectivity index (χ3n) is 3.99. The number of rotatable bonds is 5. The number of amides is 1. The summed E-state index contributed by atoms with van der Waals surface area (Å²) in [5.74, 6) is -0.0508. The Kier molecular flexibility index (Phi) is 4.70. The molecule has 1 unspecified atom stereocenters. The fourth-order valence-electron chi connectivity index (χ4n) is 2.64. The van der Waals surface area contributed by atoms with Gasteiger partial charge in [0.1, 0.15) is 0 Å². The van der Waals surface area contributed by atoms with E-state index in [9.17, 15) is 4.79 Å². The predicted octanol–water partition coefficient (Wildman–Crippen LogP) is 3.22. The van der Waals surface area contributed by atoms with Gasteiger partial charge in [0, 0.05) is 26.0 Å². The molecule has 0 aliphatic rings. The van der Waals surface area contributed by atoms with Crippen LogP contribution in [0, 0.1) is 0 Å². The number of benzene rings is 1. The van der Waals surface area contributed by atoms with E-state index < -0.39 is 0 Å². The number of hydrogen-bond donors (Lipinski definition) is 0. The number of hydrogen-bond acceptors (Lipinski definition) is 3. The van der Waals surface area contributed by atoms with Crippen LogP contribution in [-0.4, -0.2) is 25.6 Å². The van der Waals surface area contributed by atoms with Gasteiger partial charge in [-0.15, -0.1) is 0 Å². The first-order chi connectivity index (χ1) is 11.6. The van der Waals surface area contributed by atoms with Crippen molar-refractivity contribution in [3.63, 3.8) is 0 Å². The first-order valence-corrected chi connectivity index (χ1v) is 7.89. The average molecular weight is 320 g/mol. The largest absolute Gasteiger partial charge is 0.326 e. The summed E-state index contributed by atoms with van der Waals surface area (Å²) in [6.45, 7) is 2.52. The molecule has 2 aromatic heterocycles. The summed E-state index contributed by atoms with van der Waals surface area (Å²) in [5.41, 5.74) is 2.53. The Morgan fingerprint density at radius 2 is 1.92 bits per heavy atom. The van der Waals surface area contributed by atoms with Crippen molar-refractivity contribution >= 4 is 5.91 Å². The molecule has 122 valence electrons. The molecular formula is C19H20N4O. The maximum atomic E-state index is 13.0. The number of carbonyl (C=O) groups is 1. The van der Waals surface area contributed by atoms with Crippen LogP contribution in [0.15, 0.2) is 67.1 Å². The van der Waals surface area contributed by atoms with E-state index in [0.29, 0.717) is 12.1 Å². The van der Waals surface area contributed by atoms with Crippen LogP contribution < -0.4 is 0 Å². The summed E-state index contributed by atoms with van der Waals surface area (Å²) in [5, 5.41) is 4.11. The van der Waals surface area contributed by atoms with Gasteiger partial charge >= 0.3 is 0 Å².